The van der Waals surface area contributed by atoms with Gasteiger partial charge in [0.2, 0.25) is 0 Å². The van der Waals surface area contributed by atoms with E-state index in [9.17, 15) is 0 Å². The van der Waals surface area contributed by atoms with E-state index in [4.69, 9.17) is 20.7 Å². The van der Waals surface area contributed by atoms with E-state index in [1.54, 1.807) is 0 Å². The van der Waals surface area contributed by atoms with Crippen molar-refractivity contribution in [1.82, 2.24) is 0 Å². The largest absolute Gasteiger partial charge is 0.486 e. The van der Waals surface area contributed by atoms with Crippen LogP contribution in [0.2, 0.25) is 0 Å². The van der Waals surface area contributed by atoms with Gasteiger partial charge in [0.1, 0.15) is 11.9 Å². The summed E-state index contributed by atoms with van der Waals surface area (Å²) < 4.78 is 6.00. The zero-order chi connectivity index (χ0) is 15.1. The molecule has 2 rings (SSSR count). The summed E-state index contributed by atoms with van der Waals surface area (Å²) in [5.41, 5.74) is 7.61. The fourth-order valence-electron chi connectivity index (χ4n) is 2.19. The molecule has 0 amide bonds. The minimum Gasteiger partial charge on any atom is -0.486 e. The predicted octanol–water partition coefficient (Wildman–Crippen LogP) is 2.01. The lowest BCUT2D eigenvalue weighted by molar-refractivity contribution is -0.0381. The molecule has 0 aliphatic rings. The Hall–Kier alpha value is -1.88. The first kappa shape index (κ1) is 15.5. The van der Waals surface area contributed by atoms with Gasteiger partial charge in [0.05, 0.1) is 0 Å². The Morgan fingerprint density at radius 2 is 1.62 bits per heavy atom. The molecule has 0 saturated carbocycles. The van der Waals surface area contributed by atoms with Gasteiger partial charge in [0.15, 0.2) is 6.29 Å². The second-order valence-electron chi connectivity index (χ2n) is 4.92. The molecule has 0 aliphatic heterocycles. The minimum atomic E-state index is -1.33. The van der Waals surface area contributed by atoms with Gasteiger partial charge in [-0.15, -0.1) is 0 Å². The summed E-state index contributed by atoms with van der Waals surface area (Å²) in [5.74, 6) is 0.744. The quantitative estimate of drug-likeness (QED) is 0.681. The zero-order valence-electron chi connectivity index (χ0n) is 11.9. The van der Waals surface area contributed by atoms with E-state index in [1.807, 2.05) is 54.6 Å². The first-order valence-electron chi connectivity index (χ1n) is 7.06. The molecule has 112 valence electrons. The lowest BCUT2D eigenvalue weighted by atomic mass is 10.1. The van der Waals surface area contributed by atoms with Crippen LogP contribution < -0.4 is 10.5 Å². The summed E-state index contributed by atoms with van der Waals surface area (Å²) in [6, 6.07) is 17.3. The standard InChI is InChI=1S/C17H21NO3/c18-11-10-16(14-4-2-1-3-5-14)21-15-8-6-13(7-9-15)12-17(19)20/h1-9,16-17,19-20H,10-12,18H2. The number of hydrogen-bond donors (Lipinski definition) is 3. The summed E-state index contributed by atoms with van der Waals surface area (Å²) in [5, 5.41) is 17.9. The number of ether oxygens (including phenoxy) is 1. The molecule has 0 aliphatic carbocycles. The molecule has 0 spiro atoms. The van der Waals surface area contributed by atoms with Gasteiger partial charge in [0.25, 0.3) is 0 Å². The van der Waals surface area contributed by atoms with Gasteiger partial charge in [0, 0.05) is 12.8 Å². The van der Waals surface area contributed by atoms with Crippen LogP contribution in [0.3, 0.4) is 0 Å². The van der Waals surface area contributed by atoms with E-state index in [2.05, 4.69) is 0 Å². The average molecular weight is 287 g/mol. The molecular weight excluding hydrogens is 266 g/mol. The minimum absolute atomic E-state index is 0.0783. The van der Waals surface area contributed by atoms with Gasteiger partial charge in [-0.2, -0.15) is 0 Å². The van der Waals surface area contributed by atoms with Crippen molar-refractivity contribution >= 4 is 0 Å². The summed E-state index contributed by atoms with van der Waals surface area (Å²) in [6.45, 7) is 0.550. The van der Waals surface area contributed by atoms with Crippen LogP contribution in [-0.4, -0.2) is 23.0 Å². The fourth-order valence-corrected chi connectivity index (χ4v) is 2.19. The van der Waals surface area contributed by atoms with Crippen molar-refractivity contribution in [2.24, 2.45) is 5.73 Å². The molecule has 4 N–H and O–H groups in total. The summed E-state index contributed by atoms with van der Waals surface area (Å²) >= 11 is 0. The van der Waals surface area contributed by atoms with Crippen molar-refractivity contribution in [3.8, 4) is 5.75 Å². The maximum atomic E-state index is 8.95. The fraction of sp³-hybridized carbons (Fsp3) is 0.294. The highest BCUT2D eigenvalue weighted by Crippen LogP contribution is 2.24. The van der Waals surface area contributed by atoms with Gasteiger partial charge >= 0.3 is 0 Å². The van der Waals surface area contributed by atoms with E-state index < -0.39 is 6.29 Å². The summed E-state index contributed by atoms with van der Waals surface area (Å²) in [6.07, 6.45) is -0.455. The number of nitrogens with two attached hydrogens (primary N) is 1. The normalized spacial score (nSPS) is 12.4. The van der Waals surface area contributed by atoms with Gasteiger partial charge in [-0.05, 0) is 29.8 Å². The molecule has 0 saturated heterocycles. The second kappa shape index (κ2) is 7.78. The number of rotatable bonds is 7. The Morgan fingerprint density at radius 3 is 2.19 bits per heavy atom. The van der Waals surface area contributed by atoms with Crippen molar-refractivity contribution in [3.05, 3.63) is 65.7 Å². The maximum absolute atomic E-state index is 8.95. The Labute approximate surface area is 124 Å². The Kier molecular flexibility index (Phi) is 5.75. The van der Waals surface area contributed by atoms with E-state index in [0.29, 0.717) is 6.54 Å². The van der Waals surface area contributed by atoms with Crippen LogP contribution in [-0.2, 0) is 6.42 Å². The number of benzene rings is 2. The lowest BCUT2D eigenvalue weighted by Crippen LogP contribution is -2.13. The van der Waals surface area contributed by atoms with Crippen molar-refractivity contribution in [2.75, 3.05) is 6.54 Å². The van der Waals surface area contributed by atoms with Crippen molar-refractivity contribution < 1.29 is 14.9 Å². The number of aliphatic hydroxyl groups excluding tert-OH is 1. The lowest BCUT2D eigenvalue weighted by Gasteiger charge is -2.19. The number of aliphatic hydroxyl groups is 2. The number of hydrogen-bond acceptors (Lipinski definition) is 4. The first-order valence-corrected chi connectivity index (χ1v) is 7.06. The van der Waals surface area contributed by atoms with E-state index in [1.165, 1.54) is 0 Å². The van der Waals surface area contributed by atoms with Crippen LogP contribution in [0.4, 0.5) is 0 Å². The molecule has 0 aromatic heterocycles. The van der Waals surface area contributed by atoms with Gasteiger partial charge in [-0.1, -0.05) is 42.5 Å². The highest BCUT2D eigenvalue weighted by atomic mass is 16.5. The molecular formula is C17H21NO3. The molecule has 2 aromatic rings. The maximum Gasteiger partial charge on any atom is 0.155 e. The van der Waals surface area contributed by atoms with E-state index in [0.717, 1.165) is 23.3 Å². The van der Waals surface area contributed by atoms with Crippen LogP contribution in [0.5, 0.6) is 5.75 Å². The molecule has 0 fully saturated rings. The predicted molar refractivity (Wildman–Crippen MR) is 81.9 cm³/mol. The smallest absolute Gasteiger partial charge is 0.155 e. The molecule has 0 radical (unpaired) electrons. The second-order valence-corrected chi connectivity index (χ2v) is 4.92. The third-order valence-electron chi connectivity index (χ3n) is 3.22. The van der Waals surface area contributed by atoms with Gasteiger partial charge < -0.3 is 20.7 Å². The molecule has 0 bridgehead atoms. The van der Waals surface area contributed by atoms with E-state index in [-0.39, 0.29) is 12.5 Å². The molecule has 2 aromatic carbocycles. The zero-order valence-corrected chi connectivity index (χ0v) is 11.9. The van der Waals surface area contributed by atoms with Crippen LogP contribution >= 0.6 is 0 Å². The highest BCUT2D eigenvalue weighted by Gasteiger charge is 2.12. The van der Waals surface area contributed by atoms with Gasteiger partial charge in [-0.3, -0.25) is 0 Å². The Morgan fingerprint density at radius 1 is 0.952 bits per heavy atom. The topological polar surface area (TPSA) is 75.7 Å². The Balaban J connectivity index is 2.06. The van der Waals surface area contributed by atoms with Crippen LogP contribution in [0.15, 0.2) is 54.6 Å². The summed E-state index contributed by atoms with van der Waals surface area (Å²) in [4.78, 5) is 0. The molecule has 0 heterocycles. The average Bonchev–Trinajstić information content (AvgIpc) is 2.49. The third kappa shape index (κ3) is 4.86. The molecule has 1 atom stereocenters. The third-order valence-corrected chi connectivity index (χ3v) is 3.22. The molecule has 21 heavy (non-hydrogen) atoms. The van der Waals surface area contributed by atoms with Gasteiger partial charge in [-0.25, -0.2) is 0 Å². The van der Waals surface area contributed by atoms with Crippen LogP contribution in [0.25, 0.3) is 0 Å². The van der Waals surface area contributed by atoms with Crippen molar-refractivity contribution in [1.29, 1.82) is 0 Å². The van der Waals surface area contributed by atoms with Crippen LogP contribution in [0, 0.1) is 0 Å². The molecule has 4 nitrogen and oxygen atoms in total. The Bertz CT molecular complexity index is 525. The van der Waals surface area contributed by atoms with Crippen LogP contribution in [0.1, 0.15) is 23.7 Å². The highest BCUT2D eigenvalue weighted by molar-refractivity contribution is 5.29. The van der Waals surface area contributed by atoms with E-state index >= 15 is 0 Å². The SMILES string of the molecule is NCCC(Oc1ccc(CC(O)O)cc1)c1ccccc1. The first-order chi connectivity index (χ1) is 10.2. The monoisotopic (exact) mass is 287 g/mol. The van der Waals surface area contributed by atoms with Crippen molar-refractivity contribution in [3.63, 3.8) is 0 Å². The molecule has 1 unspecified atom stereocenters. The molecule has 4 heteroatoms. The van der Waals surface area contributed by atoms with Crippen molar-refractivity contribution in [2.45, 2.75) is 25.2 Å². The summed E-state index contributed by atoms with van der Waals surface area (Å²) in [7, 11) is 0.